The number of hydrogen-bond donors (Lipinski definition) is 2. The molecule has 7 nitrogen and oxygen atoms in total. The van der Waals surface area contributed by atoms with Crippen LogP contribution in [0.1, 0.15) is 30.8 Å². The summed E-state index contributed by atoms with van der Waals surface area (Å²) in [7, 11) is 0. The van der Waals surface area contributed by atoms with Crippen molar-refractivity contribution in [3.63, 3.8) is 0 Å². The number of hydrogen-bond acceptors (Lipinski definition) is 7. The van der Waals surface area contributed by atoms with Crippen LogP contribution in [0.5, 0.6) is 0 Å². The lowest BCUT2D eigenvalue weighted by Gasteiger charge is -2.30. The zero-order valence-corrected chi connectivity index (χ0v) is 9.87. The molecule has 1 aromatic heterocycles. The molecule has 0 bridgehead atoms. The van der Waals surface area contributed by atoms with Crippen molar-refractivity contribution in [2.45, 2.75) is 19.1 Å². The van der Waals surface area contributed by atoms with Gasteiger partial charge in [0.05, 0.1) is 13.2 Å². The topological polar surface area (TPSA) is 97.6 Å². The molecule has 2 atom stereocenters. The fraction of sp³-hybridized carbons (Fsp3) is 0.800. The molecule has 1 fully saturated rings. The van der Waals surface area contributed by atoms with Crippen molar-refractivity contribution in [2.24, 2.45) is 5.73 Å². The van der Waals surface area contributed by atoms with Gasteiger partial charge in [-0.15, -0.1) is 0 Å². The Morgan fingerprint density at radius 2 is 2.47 bits per heavy atom. The Kier molecular flexibility index (Phi) is 4.06. The molecule has 0 aromatic carbocycles. The summed E-state index contributed by atoms with van der Waals surface area (Å²) in [5, 5.41) is 12.7. The van der Waals surface area contributed by atoms with E-state index in [4.69, 9.17) is 20.1 Å². The zero-order chi connectivity index (χ0) is 12.3. The molecule has 0 saturated carbocycles. The summed E-state index contributed by atoms with van der Waals surface area (Å²) < 4.78 is 10.6. The lowest BCUT2D eigenvalue weighted by molar-refractivity contribution is -0.0334. The van der Waals surface area contributed by atoms with E-state index in [2.05, 4.69) is 22.0 Å². The number of nitrogens with two attached hydrogens (primary N) is 1. The van der Waals surface area contributed by atoms with Crippen molar-refractivity contribution in [3.8, 4) is 0 Å². The number of nitrogens with zero attached hydrogens (tertiary/aromatic N) is 3. The van der Waals surface area contributed by atoms with Gasteiger partial charge >= 0.3 is 0 Å². The maximum absolute atomic E-state index is 8.90. The molecule has 0 aliphatic carbocycles. The normalized spacial score (nSPS) is 23.8. The van der Waals surface area contributed by atoms with Gasteiger partial charge in [0.2, 0.25) is 11.7 Å². The Balaban J connectivity index is 2.04. The summed E-state index contributed by atoms with van der Waals surface area (Å²) in [6.45, 7) is 5.20. The van der Waals surface area contributed by atoms with Crippen LogP contribution in [0.15, 0.2) is 4.52 Å². The van der Waals surface area contributed by atoms with Crippen LogP contribution in [0.25, 0.3) is 0 Å². The third kappa shape index (κ3) is 2.81. The number of aromatic nitrogens is 2. The predicted molar refractivity (Wildman–Crippen MR) is 59.1 cm³/mol. The van der Waals surface area contributed by atoms with Crippen LogP contribution in [0.4, 0.5) is 0 Å². The van der Waals surface area contributed by atoms with Crippen LogP contribution < -0.4 is 5.73 Å². The lowest BCUT2D eigenvalue weighted by atomic mass is 10.2. The maximum atomic E-state index is 8.90. The van der Waals surface area contributed by atoms with Gasteiger partial charge in [-0.3, -0.25) is 4.90 Å². The molecule has 96 valence electrons. The molecule has 7 heteroatoms. The van der Waals surface area contributed by atoms with Crippen LogP contribution in [-0.2, 0) is 4.74 Å². The van der Waals surface area contributed by atoms with E-state index in [-0.39, 0.29) is 18.6 Å². The zero-order valence-electron chi connectivity index (χ0n) is 9.87. The van der Waals surface area contributed by atoms with E-state index in [1.54, 1.807) is 0 Å². The Hall–Kier alpha value is -1.02. The average molecular weight is 242 g/mol. The van der Waals surface area contributed by atoms with E-state index in [1.807, 2.05) is 0 Å². The SMILES string of the molecule is CCN1CCOC(c2noc([C@H](N)CO)n2)C1. The van der Waals surface area contributed by atoms with Crippen molar-refractivity contribution in [3.05, 3.63) is 11.7 Å². The average Bonchev–Trinajstić information content (AvgIpc) is 2.87. The van der Waals surface area contributed by atoms with Gasteiger partial charge in [-0.05, 0) is 6.54 Å². The smallest absolute Gasteiger partial charge is 0.246 e. The molecule has 3 N–H and O–H groups in total. The highest BCUT2D eigenvalue weighted by molar-refractivity contribution is 4.96. The number of ether oxygens (including phenoxy) is 1. The van der Waals surface area contributed by atoms with Crippen LogP contribution in [0.2, 0.25) is 0 Å². The van der Waals surface area contributed by atoms with Crippen molar-refractivity contribution < 1.29 is 14.4 Å². The van der Waals surface area contributed by atoms with E-state index in [0.717, 1.165) is 19.6 Å². The number of aliphatic hydroxyl groups is 1. The van der Waals surface area contributed by atoms with Gasteiger partial charge in [-0.25, -0.2) is 0 Å². The number of rotatable bonds is 4. The summed E-state index contributed by atoms with van der Waals surface area (Å²) in [4.78, 5) is 6.42. The molecular formula is C10H18N4O3. The van der Waals surface area contributed by atoms with Crippen molar-refractivity contribution in [2.75, 3.05) is 32.8 Å². The Morgan fingerprint density at radius 3 is 3.18 bits per heavy atom. The van der Waals surface area contributed by atoms with Crippen molar-refractivity contribution >= 4 is 0 Å². The second-order valence-electron chi connectivity index (χ2n) is 4.03. The van der Waals surface area contributed by atoms with Gasteiger partial charge in [0.1, 0.15) is 12.1 Å². The van der Waals surface area contributed by atoms with Gasteiger partial charge in [-0.2, -0.15) is 4.98 Å². The molecule has 0 spiro atoms. The highest BCUT2D eigenvalue weighted by Gasteiger charge is 2.26. The lowest BCUT2D eigenvalue weighted by Crippen LogP contribution is -2.38. The van der Waals surface area contributed by atoms with E-state index in [1.165, 1.54) is 0 Å². The number of aliphatic hydroxyl groups excluding tert-OH is 1. The molecule has 2 heterocycles. The van der Waals surface area contributed by atoms with Crippen molar-refractivity contribution in [1.29, 1.82) is 0 Å². The van der Waals surface area contributed by atoms with Gasteiger partial charge in [0.25, 0.3) is 0 Å². The monoisotopic (exact) mass is 242 g/mol. The standard InChI is InChI=1S/C10H18N4O3/c1-2-14-3-4-16-8(5-14)9-12-10(17-13-9)7(11)6-15/h7-8,15H,2-6,11H2,1H3/t7-,8?/m1/s1. The van der Waals surface area contributed by atoms with Crippen LogP contribution in [-0.4, -0.2) is 53.0 Å². The molecule has 1 aliphatic rings. The Labute approximate surface area is 99.5 Å². The first-order valence-corrected chi connectivity index (χ1v) is 5.78. The maximum Gasteiger partial charge on any atom is 0.246 e. The highest BCUT2D eigenvalue weighted by Crippen LogP contribution is 2.20. The summed E-state index contributed by atoms with van der Waals surface area (Å²) in [5.74, 6) is 0.752. The number of likely N-dealkylation sites (N-methyl/N-ethyl adjacent to an activating group) is 1. The van der Waals surface area contributed by atoms with Gasteiger partial charge in [-0.1, -0.05) is 12.1 Å². The Morgan fingerprint density at radius 1 is 1.65 bits per heavy atom. The molecule has 17 heavy (non-hydrogen) atoms. The third-order valence-electron chi connectivity index (χ3n) is 2.86. The van der Waals surface area contributed by atoms with Crippen molar-refractivity contribution in [1.82, 2.24) is 15.0 Å². The minimum atomic E-state index is -0.623. The molecule has 2 rings (SSSR count). The van der Waals surface area contributed by atoms with Gasteiger partial charge in [0, 0.05) is 13.1 Å². The first kappa shape index (κ1) is 12.4. The quantitative estimate of drug-likeness (QED) is 0.731. The minimum Gasteiger partial charge on any atom is -0.394 e. The molecule has 1 aromatic rings. The second kappa shape index (κ2) is 5.54. The fourth-order valence-electron chi connectivity index (χ4n) is 1.75. The van der Waals surface area contributed by atoms with Gasteiger partial charge in [0.15, 0.2) is 0 Å². The largest absolute Gasteiger partial charge is 0.394 e. The fourth-order valence-corrected chi connectivity index (χ4v) is 1.75. The van der Waals surface area contributed by atoms with Crippen LogP contribution >= 0.6 is 0 Å². The Bertz CT molecular complexity index is 357. The predicted octanol–water partition coefficient (Wildman–Crippen LogP) is -0.545. The highest BCUT2D eigenvalue weighted by atomic mass is 16.5. The molecule has 1 aliphatic heterocycles. The van der Waals surface area contributed by atoms with E-state index >= 15 is 0 Å². The molecule has 1 saturated heterocycles. The first-order chi connectivity index (χ1) is 8.24. The van der Waals surface area contributed by atoms with E-state index < -0.39 is 6.04 Å². The summed E-state index contributed by atoms with van der Waals surface area (Å²) in [6, 6.07) is -0.623. The summed E-state index contributed by atoms with van der Waals surface area (Å²) >= 11 is 0. The van der Waals surface area contributed by atoms with E-state index in [9.17, 15) is 0 Å². The third-order valence-corrected chi connectivity index (χ3v) is 2.86. The summed E-state index contributed by atoms with van der Waals surface area (Å²) in [5.41, 5.74) is 5.59. The van der Waals surface area contributed by atoms with E-state index in [0.29, 0.717) is 12.4 Å². The van der Waals surface area contributed by atoms with Crippen LogP contribution in [0.3, 0.4) is 0 Å². The summed E-state index contributed by atoms with van der Waals surface area (Å²) in [6.07, 6.45) is -0.174. The molecule has 0 radical (unpaired) electrons. The first-order valence-electron chi connectivity index (χ1n) is 5.78. The number of morpholine rings is 1. The molecule has 0 amide bonds. The van der Waals surface area contributed by atoms with Gasteiger partial charge < -0.3 is 20.1 Å². The second-order valence-corrected chi connectivity index (χ2v) is 4.03. The molecule has 1 unspecified atom stereocenters. The minimum absolute atomic E-state index is 0.174. The molecular weight excluding hydrogens is 224 g/mol. The van der Waals surface area contributed by atoms with Crippen LogP contribution in [0, 0.1) is 0 Å².